The van der Waals surface area contributed by atoms with E-state index in [2.05, 4.69) is 20.4 Å². The van der Waals surface area contributed by atoms with Crippen molar-refractivity contribution in [3.8, 4) is 0 Å². The molecule has 0 atom stereocenters. The van der Waals surface area contributed by atoms with E-state index in [-0.39, 0.29) is 0 Å². The Morgan fingerprint density at radius 3 is 1.71 bits per heavy atom. The highest BCUT2D eigenvalue weighted by Gasteiger charge is 1.38. The van der Waals surface area contributed by atoms with E-state index >= 15 is 0 Å². The van der Waals surface area contributed by atoms with Gasteiger partial charge in [-0.25, -0.2) is 0 Å². The van der Waals surface area contributed by atoms with Gasteiger partial charge in [-0.1, -0.05) is 26.8 Å². The normalized spacial score (nSPS) is 5.43. The molecule has 0 aromatic rings. The summed E-state index contributed by atoms with van der Waals surface area (Å²) in [5.74, 6) is 0. The number of hydrogen-bond donors (Lipinski definition) is 0. The monoisotopic (exact) mass is 100 g/mol. The minimum absolute atomic E-state index is 0.639. The maximum Gasteiger partial charge on any atom is 0.142 e. The van der Waals surface area contributed by atoms with Crippen molar-refractivity contribution in [1.82, 2.24) is 0 Å². The molecule has 42 valence electrons. The number of aldehydes is 1. The smallest absolute Gasteiger partial charge is 0.142 e. The van der Waals surface area contributed by atoms with Gasteiger partial charge in [-0.2, -0.15) is 0 Å². The van der Waals surface area contributed by atoms with Gasteiger partial charge in [0.1, 0.15) is 6.29 Å². The first-order chi connectivity index (χ1) is 3.33. The molecule has 0 rings (SSSR count). The number of carbonyl (C=O) groups excluding carboxylic acids is 1. The summed E-state index contributed by atoms with van der Waals surface area (Å²) >= 11 is 0. The van der Waals surface area contributed by atoms with Crippen molar-refractivity contribution in [2.45, 2.75) is 20.3 Å². The number of hydrogen-bond acceptors (Lipinski definition) is 1. The lowest BCUT2D eigenvalue weighted by atomic mass is 10.6. The lowest BCUT2D eigenvalue weighted by Gasteiger charge is -1.48. The third-order valence-corrected chi connectivity index (χ3v) is 0.0962. The Balaban J connectivity index is 0. The highest BCUT2D eigenvalue weighted by Crippen LogP contribution is 1.56. The van der Waals surface area contributed by atoms with Gasteiger partial charge in [0.15, 0.2) is 0 Å². The molecule has 0 bridgehead atoms. The zero-order valence-corrected chi connectivity index (χ0v) is 4.98. The van der Waals surface area contributed by atoms with Gasteiger partial charge >= 0.3 is 0 Å². The fraction of sp³-hybridized carbons (Fsp3) is 0.500. The number of allylic oxidation sites excluding steroid dienone is 1. The van der Waals surface area contributed by atoms with Crippen LogP contribution in [0.4, 0.5) is 0 Å². The molecule has 0 saturated carbocycles. The Morgan fingerprint density at radius 1 is 1.57 bits per heavy atom. The second kappa shape index (κ2) is 18.1. The van der Waals surface area contributed by atoms with Crippen LogP contribution in [-0.4, -0.2) is 6.29 Å². The van der Waals surface area contributed by atoms with Gasteiger partial charge in [-0.15, -0.1) is 0 Å². The third-order valence-electron chi connectivity index (χ3n) is 0.0962. The zero-order valence-electron chi connectivity index (χ0n) is 4.98. The molecule has 0 amide bonds. The summed E-state index contributed by atoms with van der Waals surface area (Å²) in [5.41, 5.74) is 0. The van der Waals surface area contributed by atoms with Gasteiger partial charge in [0.2, 0.25) is 0 Å². The molecule has 0 aliphatic carbocycles. The maximum atomic E-state index is 9.06. The summed E-state index contributed by atoms with van der Waals surface area (Å²) in [5, 5.41) is 0. The standard InChI is InChI=1S/C3H4O.C3H8/c1-2-3-4;1-3-2/h2-3H,1H2;3H2,1-2H3. The first-order valence-corrected chi connectivity index (χ1v) is 2.39. The Labute approximate surface area is 45.0 Å². The van der Waals surface area contributed by atoms with Crippen LogP contribution >= 0.6 is 0 Å². The van der Waals surface area contributed by atoms with Crippen LogP contribution in [0.25, 0.3) is 0 Å². The molecule has 0 radical (unpaired) electrons. The largest absolute Gasteiger partial charge is 0.299 e. The average molecular weight is 100 g/mol. The summed E-state index contributed by atoms with van der Waals surface area (Å²) in [4.78, 5) is 9.06. The summed E-state index contributed by atoms with van der Waals surface area (Å²) in [7, 11) is 0. The Morgan fingerprint density at radius 2 is 1.71 bits per heavy atom. The summed E-state index contributed by atoms with van der Waals surface area (Å²) in [6.45, 7) is 7.36. The number of rotatable bonds is 1. The fourth-order valence-corrected chi connectivity index (χ4v) is 0. The molecule has 0 aliphatic rings. The first-order valence-electron chi connectivity index (χ1n) is 2.39. The van der Waals surface area contributed by atoms with Crippen LogP contribution in [0.1, 0.15) is 20.3 Å². The number of carbonyl (C=O) groups is 1. The SMILES string of the molecule is C=CC=O.CCC. The van der Waals surface area contributed by atoms with Crippen molar-refractivity contribution >= 4 is 6.29 Å². The molecule has 7 heavy (non-hydrogen) atoms. The summed E-state index contributed by atoms with van der Waals surface area (Å²) < 4.78 is 0. The average Bonchev–Trinajstić information content (AvgIpc) is 1.69. The van der Waals surface area contributed by atoms with E-state index in [0.29, 0.717) is 6.29 Å². The highest BCUT2D eigenvalue weighted by molar-refractivity contribution is 5.63. The Kier molecular flexibility index (Phi) is 25.0. The summed E-state index contributed by atoms with van der Waals surface area (Å²) in [6.07, 6.45) is 3.08. The highest BCUT2D eigenvalue weighted by atomic mass is 16.1. The molecular weight excluding hydrogens is 88.1 g/mol. The molecule has 1 nitrogen and oxygen atoms in total. The van der Waals surface area contributed by atoms with Gasteiger partial charge < -0.3 is 0 Å². The molecular formula is C6H12O. The summed E-state index contributed by atoms with van der Waals surface area (Å²) in [6, 6.07) is 0. The molecule has 0 aromatic carbocycles. The molecule has 0 saturated heterocycles. The van der Waals surface area contributed by atoms with Crippen LogP contribution in [0.15, 0.2) is 12.7 Å². The van der Waals surface area contributed by atoms with Crippen LogP contribution in [0, 0.1) is 0 Å². The fourth-order valence-electron chi connectivity index (χ4n) is 0. The van der Waals surface area contributed by atoms with E-state index in [1.165, 1.54) is 12.5 Å². The van der Waals surface area contributed by atoms with Crippen LogP contribution in [-0.2, 0) is 4.79 Å². The Bertz CT molecular complexity index is 33.4. The minimum Gasteiger partial charge on any atom is -0.299 e. The van der Waals surface area contributed by atoms with Gasteiger partial charge in [-0.05, 0) is 6.08 Å². The van der Waals surface area contributed by atoms with E-state index in [9.17, 15) is 0 Å². The molecule has 0 aromatic heterocycles. The second-order valence-electron chi connectivity index (χ2n) is 1.08. The van der Waals surface area contributed by atoms with Crippen molar-refractivity contribution in [3.63, 3.8) is 0 Å². The quantitative estimate of drug-likeness (QED) is 0.362. The maximum absolute atomic E-state index is 9.06. The van der Waals surface area contributed by atoms with Crippen molar-refractivity contribution in [3.05, 3.63) is 12.7 Å². The van der Waals surface area contributed by atoms with Crippen LogP contribution in [0.2, 0.25) is 0 Å². The molecule has 0 N–H and O–H groups in total. The second-order valence-corrected chi connectivity index (χ2v) is 1.08. The molecule has 0 fully saturated rings. The topological polar surface area (TPSA) is 17.1 Å². The molecule has 0 unspecified atom stereocenters. The predicted octanol–water partition coefficient (Wildman–Crippen LogP) is 1.79. The minimum atomic E-state index is 0.639. The molecule has 0 heterocycles. The van der Waals surface area contributed by atoms with Crippen molar-refractivity contribution in [2.75, 3.05) is 0 Å². The van der Waals surface area contributed by atoms with Gasteiger partial charge in [0, 0.05) is 0 Å². The van der Waals surface area contributed by atoms with E-state index < -0.39 is 0 Å². The van der Waals surface area contributed by atoms with E-state index in [1.807, 2.05) is 0 Å². The third kappa shape index (κ3) is 374. The van der Waals surface area contributed by atoms with E-state index in [1.54, 1.807) is 0 Å². The lowest BCUT2D eigenvalue weighted by Crippen LogP contribution is -1.44. The van der Waals surface area contributed by atoms with E-state index in [0.717, 1.165) is 0 Å². The first kappa shape index (κ1) is 9.65. The van der Waals surface area contributed by atoms with Crippen molar-refractivity contribution in [2.24, 2.45) is 0 Å². The van der Waals surface area contributed by atoms with Crippen LogP contribution < -0.4 is 0 Å². The van der Waals surface area contributed by atoms with E-state index in [4.69, 9.17) is 4.79 Å². The molecule has 0 aliphatic heterocycles. The van der Waals surface area contributed by atoms with Gasteiger partial charge in [0.25, 0.3) is 0 Å². The molecule has 1 heteroatoms. The predicted molar refractivity (Wildman–Crippen MR) is 32.2 cm³/mol. The van der Waals surface area contributed by atoms with Gasteiger partial charge in [0.05, 0.1) is 0 Å². The lowest BCUT2D eigenvalue weighted by molar-refractivity contribution is -0.104. The van der Waals surface area contributed by atoms with Crippen LogP contribution in [0.5, 0.6) is 0 Å². The van der Waals surface area contributed by atoms with Crippen molar-refractivity contribution in [1.29, 1.82) is 0 Å². The Hall–Kier alpha value is -0.590. The van der Waals surface area contributed by atoms with Crippen LogP contribution in [0.3, 0.4) is 0 Å². The zero-order chi connectivity index (χ0) is 6.12. The van der Waals surface area contributed by atoms with Gasteiger partial charge in [-0.3, -0.25) is 4.79 Å². The van der Waals surface area contributed by atoms with Crippen molar-refractivity contribution < 1.29 is 4.79 Å². The molecule has 0 spiro atoms.